The van der Waals surface area contributed by atoms with Crippen LogP contribution in [0.4, 0.5) is 5.69 Å². The van der Waals surface area contributed by atoms with Gasteiger partial charge in [0, 0.05) is 11.1 Å². The molecule has 0 unspecified atom stereocenters. The van der Waals surface area contributed by atoms with Crippen molar-refractivity contribution in [1.29, 1.82) is 0 Å². The van der Waals surface area contributed by atoms with Gasteiger partial charge in [0.25, 0.3) is 0 Å². The van der Waals surface area contributed by atoms with Crippen molar-refractivity contribution in [3.63, 3.8) is 0 Å². The molecule has 0 spiro atoms. The maximum atomic E-state index is 6.37. The molecule has 0 bridgehead atoms. The highest BCUT2D eigenvalue weighted by Gasteiger charge is 2.14. The van der Waals surface area contributed by atoms with Crippen molar-refractivity contribution >= 4 is 48.8 Å². The fourth-order valence-corrected chi connectivity index (χ4v) is 3.90. The third kappa shape index (κ3) is 1.29. The van der Waals surface area contributed by atoms with Crippen molar-refractivity contribution in [3.8, 4) is 0 Å². The van der Waals surface area contributed by atoms with Crippen LogP contribution >= 0.6 is 0 Å². The van der Waals surface area contributed by atoms with Gasteiger partial charge in [0.15, 0.2) is 0 Å². The van der Waals surface area contributed by atoms with Crippen molar-refractivity contribution in [3.05, 3.63) is 66.2 Å². The van der Waals surface area contributed by atoms with Crippen molar-refractivity contribution in [2.45, 2.75) is 6.92 Å². The van der Waals surface area contributed by atoms with Crippen molar-refractivity contribution in [2.75, 3.05) is 5.73 Å². The number of fused-ring (bicyclic) bond motifs is 2. The highest BCUT2D eigenvalue weighted by molar-refractivity contribution is 6.35. The van der Waals surface area contributed by atoms with E-state index in [2.05, 4.69) is 61.5 Å². The van der Waals surface area contributed by atoms with Crippen LogP contribution in [0.2, 0.25) is 0 Å². The summed E-state index contributed by atoms with van der Waals surface area (Å²) in [6, 6.07) is 21.7. The molecule has 0 saturated heterocycles. The molecule has 0 saturated carbocycles. The van der Waals surface area contributed by atoms with Gasteiger partial charge in [0.2, 0.25) is 0 Å². The molecule has 0 aliphatic heterocycles. The van der Waals surface area contributed by atoms with Gasteiger partial charge in [-0.25, -0.2) is 0 Å². The molecule has 5 aromatic carbocycles. The summed E-state index contributed by atoms with van der Waals surface area (Å²) in [4.78, 5) is 0. The maximum Gasteiger partial charge on any atom is 0.0400 e. The van der Waals surface area contributed by atoms with Gasteiger partial charge in [0.1, 0.15) is 0 Å². The number of hydrogen-bond acceptors (Lipinski definition) is 1. The molecule has 0 fully saturated rings. The van der Waals surface area contributed by atoms with E-state index in [1.165, 1.54) is 48.7 Å². The molecular formula is C21H15N. The normalized spacial score (nSPS) is 12.0. The van der Waals surface area contributed by atoms with E-state index < -0.39 is 0 Å². The van der Waals surface area contributed by atoms with Gasteiger partial charge >= 0.3 is 0 Å². The molecule has 2 N–H and O–H groups in total. The first-order valence-electron chi connectivity index (χ1n) is 7.60. The molecule has 1 heteroatoms. The number of hydrogen-bond donors (Lipinski definition) is 1. The summed E-state index contributed by atoms with van der Waals surface area (Å²) in [5, 5.41) is 10.3. The highest BCUT2D eigenvalue weighted by atomic mass is 14.6. The maximum absolute atomic E-state index is 6.37. The second-order valence-electron chi connectivity index (χ2n) is 6.09. The molecule has 0 aliphatic carbocycles. The molecule has 1 nitrogen and oxygen atoms in total. The van der Waals surface area contributed by atoms with Crippen LogP contribution in [0.5, 0.6) is 0 Å². The standard InChI is InChI=1S/C21H15N/c1-12-8-10-17-20-14(12)5-3-7-16(20)15-6-2-4-13-9-11-18(22)21(17)19(13)15/h2-11H,22H2,1H3. The Balaban J connectivity index is 2.31. The molecule has 0 aromatic heterocycles. The van der Waals surface area contributed by atoms with E-state index in [-0.39, 0.29) is 0 Å². The summed E-state index contributed by atoms with van der Waals surface area (Å²) in [5.74, 6) is 0. The molecule has 0 atom stereocenters. The minimum atomic E-state index is 0.861. The quantitative estimate of drug-likeness (QED) is 0.222. The SMILES string of the molecule is Cc1ccc2c3c(N)ccc4cccc(c5cccc1c52)c43. The minimum absolute atomic E-state index is 0.861. The Labute approximate surface area is 128 Å². The third-order valence-corrected chi connectivity index (χ3v) is 4.90. The third-order valence-electron chi connectivity index (χ3n) is 4.90. The molecular weight excluding hydrogens is 266 g/mol. The second-order valence-corrected chi connectivity index (χ2v) is 6.09. The monoisotopic (exact) mass is 281 g/mol. The molecule has 0 amide bonds. The van der Waals surface area contributed by atoms with Gasteiger partial charge in [-0.3, -0.25) is 0 Å². The highest BCUT2D eigenvalue weighted by Crippen LogP contribution is 2.42. The Bertz CT molecular complexity index is 1180. The number of rotatable bonds is 0. The van der Waals surface area contributed by atoms with Crippen LogP contribution < -0.4 is 5.73 Å². The first-order chi connectivity index (χ1) is 10.8. The lowest BCUT2D eigenvalue weighted by Crippen LogP contribution is -1.92. The summed E-state index contributed by atoms with van der Waals surface area (Å²) in [5.41, 5.74) is 8.54. The lowest BCUT2D eigenvalue weighted by Gasteiger charge is -2.16. The molecule has 22 heavy (non-hydrogen) atoms. The smallest absolute Gasteiger partial charge is 0.0400 e. The Morgan fingerprint density at radius 3 is 2.18 bits per heavy atom. The predicted octanol–water partition coefficient (Wildman–Crippen LogP) is 5.63. The first-order valence-corrected chi connectivity index (χ1v) is 7.60. The van der Waals surface area contributed by atoms with Crippen LogP contribution in [0.25, 0.3) is 43.1 Å². The molecule has 0 aliphatic rings. The van der Waals surface area contributed by atoms with Gasteiger partial charge in [-0.2, -0.15) is 0 Å². The van der Waals surface area contributed by atoms with Crippen molar-refractivity contribution in [1.82, 2.24) is 0 Å². The fourth-order valence-electron chi connectivity index (χ4n) is 3.90. The molecule has 5 aromatic rings. The zero-order valence-corrected chi connectivity index (χ0v) is 12.4. The lowest BCUT2D eigenvalue weighted by atomic mass is 9.88. The summed E-state index contributed by atoms with van der Waals surface area (Å²) in [6.45, 7) is 2.17. The average Bonchev–Trinajstić information content (AvgIpc) is 2.55. The van der Waals surface area contributed by atoms with E-state index in [9.17, 15) is 0 Å². The Hall–Kier alpha value is -2.80. The topological polar surface area (TPSA) is 26.0 Å². The summed E-state index contributed by atoms with van der Waals surface area (Å²) in [6.07, 6.45) is 0. The average molecular weight is 281 g/mol. The fraction of sp³-hybridized carbons (Fsp3) is 0.0476. The number of nitrogens with two attached hydrogens (primary N) is 1. The van der Waals surface area contributed by atoms with E-state index >= 15 is 0 Å². The van der Waals surface area contributed by atoms with Gasteiger partial charge < -0.3 is 5.73 Å². The van der Waals surface area contributed by atoms with E-state index in [1.807, 2.05) is 6.07 Å². The van der Waals surface area contributed by atoms with Crippen LogP contribution in [-0.4, -0.2) is 0 Å². The predicted molar refractivity (Wildman–Crippen MR) is 96.8 cm³/mol. The van der Waals surface area contributed by atoms with Crippen LogP contribution in [0.15, 0.2) is 60.7 Å². The van der Waals surface area contributed by atoms with E-state index in [4.69, 9.17) is 5.73 Å². The molecule has 0 radical (unpaired) electrons. The zero-order chi connectivity index (χ0) is 14.8. The van der Waals surface area contributed by atoms with E-state index in [1.54, 1.807) is 0 Å². The van der Waals surface area contributed by atoms with E-state index in [0.29, 0.717) is 0 Å². The summed E-state index contributed by atoms with van der Waals surface area (Å²) in [7, 11) is 0. The number of anilines is 1. The summed E-state index contributed by atoms with van der Waals surface area (Å²) >= 11 is 0. The van der Waals surface area contributed by atoms with Crippen LogP contribution in [0.1, 0.15) is 5.56 Å². The van der Waals surface area contributed by atoms with Crippen molar-refractivity contribution in [2.24, 2.45) is 0 Å². The Kier molecular flexibility index (Phi) is 2.09. The van der Waals surface area contributed by atoms with Gasteiger partial charge in [-0.05, 0) is 56.3 Å². The van der Waals surface area contributed by atoms with Gasteiger partial charge in [-0.1, -0.05) is 54.6 Å². The van der Waals surface area contributed by atoms with Crippen LogP contribution in [0.3, 0.4) is 0 Å². The second kappa shape index (κ2) is 3.89. The van der Waals surface area contributed by atoms with Crippen LogP contribution in [0, 0.1) is 6.92 Å². The largest absolute Gasteiger partial charge is 0.398 e. The van der Waals surface area contributed by atoms with Gasteiger partial charge in [-0.15, -0.1) is 0 Å². The molecule has 0 heterocycles. The number of nitrogen functional groups attached to an aromatic ring is 1. The Morgan fingerprint density at radius 2 is 1.32 bits per heavy atom. The van der Waals surface area contributed by atoms with Gasteiger partial charge in [0.05, 0.1) is 0 Å². The minimum Gasteiger partial charge on any atom is -0.398 e. The first kappa shape index (κ1) is 11.8. The molecule has 5 rings (SSSR count). The summed E-state index contributed by atoms with van der Waals surface area (Å²) < 4.78 is 0. The lowest BCUT2D eigenvalue weighted by molar-refractivity contribution is 1.55. The van der Waals surface area contributed by atoms with E-state index in [0.717, 1.165) is 5.69 Å². The Morgan fingerprint density at radius 1 is 0.591 bits per heavy atom. The molecule has 104 valence electrons. The van der Waals surface area contributed by atoms with Crippen molar-refractivity contribution < 1.29 is 0 Å². The number of benzene rings is 5. The number of aryl methyl sites for hydroxylation is 1. The zero-order valence-electron chi connectivity index (χ0n) is 12.4. The van der Waals surface area contributed by atoms with Crippen LogP contribution in [-0.2, 0) is 0 Å².